The highest BCUT2D eigenvalue weighted by Crippen LogP contribution is 2.32. The first-order valence-corrected chi connectivity index (χ1v) is 6.77. The normalized spacial score (nSPS) is 21.4. The third-order valence-corrected chi connectivity index (χ3v) is 3.43. The maximum absolute atomic E-state index is 13.0. The van der Waals surface area contributed by atoms with Crippen LogP contribution in [0.4, 0.5) is 17.6 Å². The lowest BCUT2D eigenvalue weighted by molar-refractivity contribution is -0.139. The van der Waals surface area contributed by atoms with Crippen LogP contribution in [0.15, 0.2) is 18.2 Å². The molecule has 0 saturated carbocycles. The number of carbonyl (C=O) groups is 1. The molecule has 1 aliphatic rings. The number of hydrogen-bond acceptors (Lipinski definition) is 3. The molecule has 1 aliphatic heterocycles. The summed E-state index contributed by atoms with van der Waals surface area (Å²) < 4.78 is 56.9. The molecule has 0 unspecified atom stereocenters. The van der Waals surface area contributed by atoms with Gasteiger partial charge in [0.2, 0.25) is 5.91 Å². The van der Waals surface area contributed by atoms with Crippen molar-refractivity contribution in [1.29, 1.82) is 0 Å². The highest BCUT2D eigenvalue weighted by atomic mass is 35.5. The molecular formula is C14H17ClF4N2O2. The van der Waals surface area contributed by atoms with Gasteiger partial charge in [0.1, 0.15) is 11.9 Å². The Balaban J connectivity index is 0.00000264. The molecule has 2 N–H and O–H groups in total. The van der Waals surface area contributed by atoms with E-state index >= 15 is 0 Å². The van der Waals surface area contributed by atoms with Crippen molar-refractivity contribution in [3.05, 3.63) is 35.1 Å². The molecule has 0 aliphatic carbocycles. The average Bonchev–Trinajstić information content (AvgIpc) is 2.45. The molecule has 1 amide bonds. The van der Waals surface area contributed by atoms with Gasteiger partial charge >= 0.3 is 6.18 Å². The van der Waals surface area contributed by atoms with Gasteiger partial charge in [-0.25, -0.2) is 4.39 Å². The van der Waals surface area contributed by atoms with Gasteiger partial charge in [0.05, 0.1) is 18.3 Å². The number of halogens is 5. The first-order chi connectivity index (χ1) is 10.3. The Morgan fingerprint density at radius 3 is 2.74 bits per heavy atom. The molecule has 1 fully saturated rings. The average molecular weight is 357 g/mol. The Labute approximate surface area is 137 Å². The third kappa shape index (κ3) is 5.05. The summed E-state index contributed by atoms with van der Waals surface area (Å²) in [7, 11) is 0. The molecule has 1 aromatic rings. The zero-order valence-electron chi connectivity index (χ0n) is 12.2. The van der Waals surface area contributed by atoms with Crippen LogP contribution in [0.3, 0.4) is 0 Å². The number of hydrogen-bond donors (Lipinski definition) is 2. The van der Waals surface area contributed by atoms with Gasteiger partial charge in [-0.1, -0.05) is 6.07 Å². The van der Waals surface area contributed by atoms with Gasteiger partial charge in [-0.05, 0) is 24.6 Å². The van der Waals surface area contributed by atoms with Crippen LogP contribution in [-0.2, 0) is 22.3 Å². The van der Waals surface area contributed by atoms with Gasteiger partial charge in [-0.3, -0.25) is 4.79 Å². The topological polar surface area (TPSA) is 50.4 Å². The van der Waals surface area contributed by atoms with E-state index in [9.17, 15) is 22.4 Å². The first-order valence-electron chi connectivity index (χ1n) is 6.77. The van der Waals surface area contributed by atoms with E-state index in [0.29, 0.717) is 19.2 Å². The van der Waals surface area contributed by atoms with Crippen molar-refractivity contribution in [2.75, 3.05) is 13.2 Å². The first kappa shape index (κ1) is 19.7. The second-order valence-electron chi connectivity index (χ2n) is 5.02. The van der Waals surface area contributed by atoms with Crippen molar-refractivity contribution in [3.8, 4) is 0 Å². The molecule has 1 aromatic carbocycles. The summed E-state index contributed by atoms with van der Waals surface area (Å²) in [5, 5.41) is 5.37. The molecule has 2 atom stereocenters. The van der Waals surface area contributed by atoms with Crippen LogP contribution in [0.2, 0.25) is 0 Å². The quantitative estimate of drug-likeness (QED) is 0.817. The fourth-order valence-corrected chi connectivity index (χ4v) is 2.29. The van der Waals surface area contributed by atoms with Crippen LogP contribution in [0.5, 0.6) is 0 Å². The molecule has 4 nitrogen and oxygen atoms in total. The van der Waals surface area contributed by atoms with E-state index in [0.717, 1.165) is 12.1 Å². The van der Waals surface area contributed by atoms with Crippen molar-refractivity contribution in [2.24, 2.45) is 0 Å². The van der Waals surface area contributed by atoms with Crippen LogP contribution in [0.1, 0.15) is 18.1 Å². The summed E-state index contributed by atoms with van der Waals surface area (Å²) in [6.45, 7) is 2.34. The Morgan fingerprint density at radius 2 is 2.13 bits per heavy atom. The Hall–Kier alpha value is -1.38. The minimum Gasteiger partial charge on any atom is -0.375 e. The van der Waals surface area contributed by atoms with Crippen molar-refractivity contribution in [2.45, 2.75) is 31.8 Å². The predicted octanol–water partition coefficient (Wildman–Crippen LogP) is 2.26. The van der Waals surface area contributed by atoms with E-state index in [4.69, 9.17) is 4.74 Å². The zero-order chi connectivity index (χ0) is 16.3. The Morgan fingerprint density at radius 1 is 1.43 bits per heavy atom. The van der Waals surface area contributed by atoms with E-state index in [1.165, 1.54) is 0 Å². The van der Waals surface area contributed by atoms with Crippen molar-refractivity contribution < 1.29 is 27.1 Å². The number of morpholine rings is 1. The summed E-state index contributed by atoms with van der Waals surface area (Å²) >= 11 is 0. The molecule has 0 bridgehead atoms. The van der Waals surface area contributed by atoms with Crippen LogP contribution in [0, 0.1) is 5.82 Å². The van der Waals surface area contributed by atoms with E-state index in [1.54, 1.807) is 6.92 Å². The molecule has 0 radical (unpaired) electrons. The smallest absolute Gasteiger partial charge is 0.375 e. The standard InChI is InChI=1S/C14H16F4N2O2.ClH/c1-8-12(19-4-5-22-8)13(21)20-7-9-2-3-10(15)6-11(9)14(16,17)18;/h2-3,6,8,12,19H,4-5,7H2,1H3,(H,20,21);1H/t8-,12+;/m1./s1. The van der Waals surface area contributed by atoms with Crippen molar-refractivity contribution in [3.63, 3.8) is 0 Å². The van der Waals surface area contributed by atoms with Gasteiger partial charge in [-0.2, -0.15) is 13.2 Å². The van der Waals surface area contributed by atoms with E-state index in [-0.39, 0.29) is 30.6 Å². The monoisotopic (exact) mass is 356 g/mol. The van der Waals surface area contributed by atoms with Crippen LogP contribution < -0.4 is 10.6 Å². The molecule has 0 aromatic heterocycles. The molecule has 9 heteroatoms. The summed E-state index contributed by atoms with van der Waals surface area (Å²) in [6.07, 6.45) is -5.05. The molecule has 2 rings (SSSR count). The number of amides is 1. The summed E-state index contributed by atoms with van der Waals surface area (Å²) in [6, 6.07) is 1.75. The predicted molar refractivity (Wildman–Crippen MR) is 77.7 cm³/mol. The minimum atomic E-state index is -4.68. The summed E-state index contributed by atoms with van der Waals surface area (Å²) in [4.78, 5) is 12.0. The number of nitrogens with one attached hydrogen (secondary N) is 2. The number of benzene rings is 1. The highest BCUT2D eigenvalue weighted by molar-refractivity contribution is 5.85. The van der Waals surface area contributed by atoms with Crippen LogP contribution in [0.25, 0.3) is 0 Å². The fraction of sp³-hybridized carbons (Fsp3) is 0.500. The van der Waals surface area contributed by atoms with Gasteiger partial charge in [0.15, 0.2) is 0 Å². The second-order valence-corrected chi connectivity index (χ2v) is 5.02. The van der Waals surface area contributed by atoms with Gasteiger partial charge in [0, 0.05) is 13.1 Å². The molecule has 1 heterocycles. The molecule has 1 saturated heterocycles. The maximum Gasteiger partial charge on any atom is 0.416 e. The third-order valence-electron chi connectivity index (χ3n) is 3.43. The van der Waals surface area contributed by atoms with Crippen molar-refractivity contribution in [1.82, 2.24) is 10.6 Å². The lowest BCUT2D eigenvalue weighted by atomic mass is 10.1. The maximum atomic E-state index is 13.0. The lowest BCUT2D eigenvalue weighted by Crippen LogP contribution is -2.55. The van der Waals surface area contributed by atoms with Gasteiger partial charge < -0.3 is 15.4 Å². The lowest BCUT2D eigenvalue weighted by Gasteiger charge is -2.29. The number of alkyl halides is 3. The fourth-order valence-electron chi connectivity index (χ4n) is 2.29. The molecule has 23 heavy (non-hydrogen) atoms. The van der Waals surface area contributed by atoms with Gasteiger partial charge in [-0.15, -0.1) is 12.4 Å². The number of ether oxygens (including phenoxy) is 1. The van der Waals surface area contributed by atoms with Crippen LogP contribution in [-0.4, -0.2) is 31.2 Å². The summed E-state index contributed by atoms with van der Waals surface area (Å²) in [5.74, 6) is -1.43. The number of rotatable bonds is 3. The van der Waals surface area contributed by atoms with Gasteiger partial charge in [0.25, 0.3) is 0 Å². The largest absolute Gasteiger partial charge is 0.416 e. The molecule has 0 spiro atoms. The molecular weight excluding hydrogens is 340 g/mol. The number of carbonyl (C=O) groups excluding carboxylic acids is 1. The van der Waals surface area contributed by atoms with E-state index in [2.05, 4.69) is 10.6 Å². The van der Waals surface area contributed by atoms with E-state index < -0.39 is 29.5 Å². The Kier molecular flexibility index (Phi) is 6.79. The second kappa shape index (κ2) is 7.94. The van der Waals surface area contributed by atoms with Crippen LogP contribution >= 0.6 is 12.4 Å². The highest BCUT2D eigenvalue weighted by Gasteiger charge is 2.34. The van der Waals surface area contributed by atoms with Crippen molar-refractivity contribution >= 4 is 18.3 Å². The zero-order valence-corrected chi connectivity index (χ0v) is 13.1. The summed E-state index contributed by atoms with van der Waals surface area (Å²) in [5.41, 5.74) is -1.28. The Bertz CT molecular complexity index is 554. The minimum absolute atomic E-state index is 0. The molecule has 130 valence electrons. The van der Waals surface area contributed by atoms with E-state index in [1.807, 2.05) is 0 Å². The SMILES string of the molecule is C[C@H]1OCCN[C@@H]1C(=O)NCc1ccc(F)cc1C(F)(F)F.Cl.